The van der Waals surface area contributed by atoms with Crippen LogP contribution in [0, 0.1) is 11.5 Å². The summed E-state index contributed by atoms with van der Waals surface area (Å²) in [5, 5.41) is 0. The lowest BCUT2D eigenvalue weighted by atomic mass is 9.96. The average molecular weight is 407 g/mol. The Hall–Kier alpha value is -0.723. The quantitative estimate of drug-likeness (QED) is 0.396. The van der Waals surface area contributed by atoms with Crippen LogP contribution in [0.5, 0.6) is 5.75 Å². The van der Waals surface area contributed by atoms with Crippen LogP contribution in [0.25, 0.3) is 0 Å². The van der Waals surface area contributed by atoms with Crippen LogP contribution in [0.4, 0.5) is 0 Å². The SMILES string of the molecule is CC(C)[Si](C#CCC1(C)Cc2c(Br)cccc2O1)(C(C)C)C(C)C. The molecule has 0 bridgehead atoms. The maximum atomic E-state index is 6.25. The lowest BCUT2D eigenvalue weighted by Crippen LogP contribution is -2.43. The van der Waals surface area contributed by atoms with E-state index in [2.05, 4.69) is 88.0 Å². The zero-order chi connectivity index (χ0) is 18.1. The van der Waals surface area contributed by atoms with Gasteiger partial charge < -0.3 is 4.74 Å². The lowest BCUT2D eigenvalue weighted by Gasteiger charge is -2.38. The molecule has 0 spiro atoms. The fraction of sp³-hybridized carbons (Fsp3) is 0.619. The molecule has 0 aromatic heterocycles. The Morgan fingerprint density at radius 2 is 1.71 bits per heavy atom. The molecule has 0 radical (unpaired) electrons. The van der Waals surface area contributed by atoms with Gasteiger partial charge in [0.25, 0.3) is 0 Å². The van der Waals surface area contributed by atoms with Crippen LogP contribution in [0.3, 0.4) is 0 Å². The molecule has 1 nitrogen and oxygen atoms in total. The summed E-state index contributed by atoms with van der Waals surface area (Å²) in [4.78, 5) is 0. The van der Waals surface area contributed by atoms with Gasteiger partial charge in [-0.1, -0.05) is 63.5 Å². The van der Waals surface area contributed by atoms with Crippen LogP contribution in [0.2, 0.25) is 16.6 Å². The highest BCUT2D eigenvalue weighted by Crippen LogP contribution is 2.42. The summed E-state index contributed by atoms with van der Waals surface area (Å²) in [6.07, 6.45) is 1.73. The zero-order valence-corrected chi connectivity index (χ0v) is 18.8. The molecule has 1 aromatic rings. The fourth-order valence-electron chi connectivity index (χ4n) is 4.40. The van der Waals surface area contributed by atoms with E-state index in [-0.39, 0.29) is 5.60 Å². The maximum Gasteiger partial charge on any atom is 0.145 e. The molecule has 1 heterocycles. The van der Waals surface area contributed by atoms with E-state index in [0.717, 1.165) is 23.1 Å². The number of rotatable bonds is 4. The van der Waals surface area contributed by atoms with Crippen molar-refractivity contribution in [3.05, 3.63) is 28.2 Å². The minimum absolute atomic E-state index is 0.204. The highest BCUT2D eigenvalue weighted by atomic mass is 79.9. The molecule has 1 atom stereocenters. The number of fused-ring (bicyclic) bond motifs is 1. The van der Waals surface area contributed by atoms with E-state index in [1.54, 1.807) is 0 Å². The first-order valence-corrected chi connectivity index (χ1v) is 12.1. The van der Waals surface area contributed by atoms with Gasteiger partial charge in [0.2, 0.25) is 0 Å². The Morgan fingerprint density at radius 1 is 1.12 bits per heavy atom. The molecule has 2 rings (SSSR count). The molecular weight excluding hydrogens is 376 g/mol. The smallest absolute Gasteiger partial charge is 0.145 e. The van der Waals surface area contributed by atoms with Crippen molar-refractivity contribution in [2.75, 3.05) is 0 Å². The Bertz CT molecular complexity index is 632. The van der Waals surface area contributed by atoms with Gasteiger partial charge in [-0.25, -0.2) is 0 Å². The van der Waals surface area contributed by atoms with Crippen molar-refractivity contribution in [1.82, 2.24) is 0 Å². The Kier molecular flexibility index (Phi) is 5.93. The van der Waals surface area contributed by atoms with E-state index < -0.39 is 8.07 Å². The topological polar surface area (TPSA) is 9.23 Å². The maximum absolute atomic E-state index is 6.25. The summed E-state index contributed by atoms with van der Waals surface area (Å²) in [6, 6.07) is 6.19. The van der Waals surface area contributed by atoms with E-state index in [0.29, 0.717) is 16.6 Å². The minimum atomic E-state index is -1.65. The molecule has 1 aliphatic heterocycles. The van der Waals surface area contributed by atoms with Crippen molar-refractivity contribution in [1.29, 1.82) is 0 Å². The van der Waals surface area contributed by atoms with Gasteiger partial charge in [0, 0.05) is 22.9 Å². The third kappa shape index (κ3) is 3.60. The van der Waals surface area contributed by atoms with Gasteiger partial charge in [-0.2, -0.15) is 0 Å². The van der Waals surface area contributed by atoms with Crippen LogP contribution >= 0.6 is 15.9 Å². The lowest BCUT2D eigenvalue weighted by molar-refractivity contribution is 0.122. The normalized spacial score (nSPS) is 20.1. The van der Waals surface area contributed by atoms with Crippen molar-refractivity contribution in [2.45, 2.75) is 83.5 Å². The predicted molar refractivity (Wildman–Crippen MR) is 110 cm³/mol. The minimum Gasteiger partial charge on any atom is -0.486 e. The van der Waals surface area contributed by atoms with Gasteiger partial charge >= 0.3 is 0 Å². The first-order valence-electron chi connectivity index (χ1n) is 9.09. The molecule has 24 heavy (non-hydrogen) atoms. The van der Waals surface area contributed by atoms with E-state index in [1.807, 2.05) is 6.07 Å². The molecule has 132 valence electrons. The first-order chi connectivity index (χ1) is 11.1. The molecule has 0 aliphatic carbocycles. The molecule has 0 saturated carbocycles. The summed E-state index contributed by atoms with van der Waals surface area (Å²) in [7, 11) is -1.65. The summed E-state index contributed by atoms with van der Waals surface area (Å²) in [5.74, 6) is 4.59. The van der Waals surface area contributed by atoms with Crippen molar-refractivity contribution in [2.24, 2.45) is 0 Å². The molecule has 0 fully saturated rings. The second-order valence-electron chi connectivity index (χ2n) is 8.32. The van der Waals surface area contributed by atoms with Gasteiger partial charge in [0.1, 0.15) is 19.4 Å². The number of halogens is 1. The molecule has 0 saturated heterocycles. The number of benzene rings is 1. The Morgan fingerprint density at radius 3 is 2.21 bits per heavy atom. The van der Waals surface area contributed by atoms with Crippen LogP contribution in [0.1, 0.15) is 60.5 Å². The zero-order valence-electron chi connectivity index (χ0n) is 16.2. The second-order valence-corrected chi connectivity index (χ2v) is 14.8. The molecule has 0 amide bonds. The summed E-state index contributed by atoms with van der Waals surface area (Å²) in [6.45, 7) is 16.4. The van der Waals surface area contributed by atoms with Crippen LogP contribution in [-0.2, 0) is 6.42 Å². The number of ether oxygens (including phenoxy) is 1. The molecular formula is C21H31BrOSi. The van der Waals surface area contributed by atoms with Gasteiger partial charge in [-0.15, -0.1) is 11.5 Å². The Balaban J connectivity index is 2.22. The summed E-state index contributed by atoms with van der Waals surface area (Å²) >= 11 is 3.65. The van der Waals surface area contributed by atoms with Gasteiger partial charge in [0.15, 0.2) is 0 Å². The van der Waals surface area contributed by atoms with Gasteiger partial charge in [-0.3, -0.25) is 0 Å². The van der Waals surface area contributed by atoms with E-state index >= 15 is 0 Å². The first kappa shape index (κ1) is 19.6. The van der Waals surface area contributed by atoms with E-state index in [4.69, 9.17) is 4.74 Å². The predicted octanol–water partition coefficient (Wildman–Crippen LogP) is 6.75. The Labute approximate surface area is 157 Å². The van der Waals surface area contributed by atoms with Crippen LogP contribution < -0.4 is 4.74 Å². The monoisotopic (exact) mass is 406 g/mol. The van der Waals surface area contributed by atoms with Crippen LogP contribution in [-0.4, -0.2) is 13.7 Å². The summed E-state index contributed by atoms with van der Waals surface area (Å²) in [5.41, 5.74) is 6.92. The van der Waals surface area contributed by atoms with Crippen LogP contribution in [0.15, 0.2) is 22.7 Å². The third-order valence-corrected chi connectivity index (χ3v) is 12.7. The van der Waals surface area contributed by atoms with E-state index in [1.165, 1.54) is 5.56 Å². The standard InChI is InChI=1S/C21H31BrOSi/c1-15(2)24(16(3)4,17(5)6)13-9-12-21(7)14-18-19(22)10-8-11-20(18)23-21/h8,10-11,15-17H,12,14H2,1-7H3. The van der Waals surface area contributed by atoms with Crippen molar-refractivity contribution >= 4 is 24.0 Å². The van der Waals surface area contributed by atoms with Crippen molar-refractivity contribution in [3.8, 4) is 17.2 Å². The van der Waals surface area contributed by atoms with Crippen molar-refractivity contribution in [3.63, 3.8) is 0 Å². The van der Waals surface area contributed by atoms with Gasteiger partial charge in [0.05, 0.1) is 0 Å². The highest BCUT2D eigenvalue weighted by molar-refractivity contribution is 9.10. The van der Waals surface area contributed by atoms with Gasteiger partial charge in [-0.05, 0) is 35.7 Å². The second kappa shape index (κ2) is 7.26. The average Bonchev–Trinajstić information content (AvgIpc) is 2.80. The molecule has 3 heteroatoms. The summed E-state index contributed by atoms with van der Waals surface area (Å²) < 4.78 is 7.40. The molecule has 1 unspecified atom stereocenters. The fourth-order valence-corrected chi connectivity index (χ4v) is 10.1. The highest BCUT2D eigenvalue weighted by Gasteiger charge is 2.42. The molecule has 0 N–H and O–H groups in total. The molecule has 1 aliphatic rings. The number of hydrogen-bond donors (Lipinski definition) is 0. The van der Waals surface area contributed by atoms with E-state index in [9.17, 15) is 0 Å². The molecule has 1 aromatic carbocycles. The third-order valence-electron chi connectivity index (χ3n) is 5.62. The van der Waals surface area contributed by atoms with Crippen molar-refractivity contribution < 1.29 is 4.74 Å². The number of hydrogen-bond acceptors (Lipinski definition) is 1. The largest absolute Gasteiger partial charge is 0.486 e.